The van der Waals surface area contributed by atoms with Crippen LogP contribution in [-0.4, -0.2) is 184 Å². The SMILES string of the molecule is CSCC[C@H](NC(=O)[C@H](Cc1ccc(OC(C)(C)C)cc1)NC(=O)[C@H](CCCCNC(=O)OC(C)(C)C)NC(=O)[C@@H]1CCCN1C(=O)[C@H](COC(C)(C)C)NC(=O)[C@H](Cc1c[nH]c2ccccc12)NC(=O)CN(CCCCNC(=O)c1cccc2c1OC(c1ccccc1)(c1ccccc1)O2)C(=O)c1cccc2c1OC(c1ccccc1)(c1ccccc1)O2)C(=O)O. The van der Waals surface area contributed by atoms with Crippen LogP contribution >= 0.6 is 11.8 Å². The third-order valence-electron chi connectivity index (χ3n) is 21.6. The molecule has 1 fully saturated rings. The molecule has 3 aliphatic rings. The number of likely N-dealkylation sites (tertiary alicyclic amines) is 1. The zero-order chi connectivity index (χ0) is 90.6. The maximum atomic E-state index is 15.8. The largest absolute Gasteiger partial charge is 0.488 e. The number of aliphatic carboxylic acids is 1. The van der Waals surface area contributed by atoms with Crippen molar-refractivity contribution in [2.24, 2.45) is 0 Å². The van der Waals surface area contributed by atoms with Gasteiger partial charge in [0.25, 0.3) is 11.8 Å². The number of para-hydroxylation sites is 3. The zero-order valence-electron chi connectivity index (χ0n) is 73.4. The molecule has 28 nitrogen and oxygen atoms in total. The van der Waals surface area contributed by atoms with Crippen LogP contribution in [-0.2, 0) is 67.5 Å². The van der Waals surface area contributed by atoms with Crippen LogP contribution in [0.3, 0.4) is 0 Å². The summed E-state index contributed by atoms with van der Waals surface area (Å²) in [6.07, 6.45) is 4.12. The van der Waals surface area contributed by atoms with Crippen LogP contribution in [0.25, 0.3) is 10.9 Å². The van der Waals surface area contributed by atoms with Gasteiger partial charge in [0.15, 0.2) is 23.0 Å². The molecule has 1 aromatic heterocycles. The van der Waals surface area contributed by atoms with Gasteiger partial charge in [0, 0.05) is 78.4 Å². The molecule has 9 amide bonds. The Bertz CT molecular complexity index is 5250. The predicted octanol–water partition coefficient (Wildman–Crippen LogP) is 12.6. The Morgan fingerprint density at radius 3 is 1.63 bits per heavy atom. The summed E-state index contributed by atoms with van der Waals surface area (Å²) in [5.74, 6) is -8.05. The molecule has 0 aliphatic carbocycles. The van der Waals surface area contributed by atoms with Gasteiger partial charge in [0.05, 0.1) is 29.9 Å². The number of hydrogen-bond acceptors (Lipinski definition) is 18. The van der Waals surface area contributed by atoms with E-state index in [1.807, 2.05) is 166 Å². The van der Waals surface area contributed by atoms with E-state index in [1.165, 1.54) is 21.6 Å². The summed E-state index contributed by atoms with van der Waals surface area (Å²) in [5, 5.41) is 30.9. The average molecular weight is 1750 g/mol. The molecule has 0 spiro atoms. The molecule has 9 N–H and O–H groups in total. The number of benzene rings is 8. The van der Waals surface area contributed by atoms with Crippen LogP contribution in [0.1, 0.15) is 168 Å². The summed E-state index contributed by atoms with van der Waals surface area (Å²) in [7, 11) is 0. The summed E-state index contributed by atoms with van der Waals surface area (Å²) in [6, 6.07) is 53.5. The van der Waals surface area contributed by atoms with Gasteiger partial charge in [-0.3, -0.25) is 38.4 Å². The van der Waals surface area contributed by atoms with Crippen molar-refractivity contribution in [2.45, 2.75) is 191 Å². The highest BCUT2D eigenvalue weighted by atomic mass is 32.2. The normalized spacial score (nSPS) is 15.4. The number of rotatable bonds is 39. The fourth-order valence-electron chi connectivity index (χ4n) is 15.4. The zero-order valence-corrected chi connectivity index (χ0v) is 74.2. The minimum atomic E-state index is -1.55. The molecule has 0 bridgehead atoms. The number of carboxylic acids is 1. The van der Waals surface area contributed by atoms with Gasteiger partial charge in [-0.1, -0.05) is 164 Å². The monoisotopic (exact) mass is 1750 g/mol. The second kappa shape index (κ2) is 41.9. The molecule has 670 valence electrons. The first-order valence-corrected chi connectivity index (χ1v) is 44.5. The molecule has 0 unspecified atom stereocenters. The quantitative estimate of drug-likeness (QED) is 0.0162. The van der Waals surface area contributed by atoms with Gasteiger partial charge < -0.3 is 90.3 Å². The number of ether oxygens (including phenoxy) is 7. The van der Waals surface area contributed by atoms with Crippen LogP contribution in [0.15, 0.2) is 212 Å². The second-order valence-corrected chi connectivity index (χ2v) is 35.7. The standard InChI is InChI=1S/C98H114N10O18S/c1-94(2,3)120-62-78(91(116)108-56-31-45-79(108)89(114)103-74(44-25-26-54-100-93(119)126-96(7,8)9)86(111)105-76(87(112)104-75(92(117)118)52-57-127-10)58-63-48-50-69(51-49-63)121-95(4,5)6)106-88(113)77(59-64-60-101-73-43-24-23-40-70(64)73)102-82(109)61-107(90(115)72-42-30-47-81-84(72)125-98(123-81,67-36-19-13-20-37-67)68-38-21-14-22-39-68)55-28-27-53-99-85(110)71-41-29-46-80-83(71)124-97(122-80,65-32-15-11-16-33-65)66-34-17-12-18-35-66/h11-24,29-30,32-43,46-51,60,74-79,101H,25-28,31,44-45,52-59,61-62H2,1-10H3,(H,99,110)(H,100,119)(H,102,109)(H,103,114)(H,104,112)(H,105,111)(H,106,113)(H,117,118)/t74-,75-,76-,77-,78-,79-/m0/s1. The number of thioether (sulfide) groups is 1. The molecule has 127 heavy (non-hydrogen) atoms. The molecule has 1 saturated heterocycles. The van der Waals surface area contributed by atoms with Crippen molar-refractivity contribution < 1.29 is 86.2 Å². The van der Waals surface area contributed by atoms with Crippen molar-refractivity contribution in [3.8, 4) is 28.7 Å². The molecule has 29 heteroatoms. The summed E-state index contributed by atoms with van der Waals surface area (Å²) in [4.78, 5) is 153. The fraction of sp³-hybridized carbons (Fsp3) is 0.388. The highest BCUT2D eigenvalue weighted by Crippen LogP contribution is 2.51. The van der Waals surface area contributed by atoms with Crippen LogP contribution in [0.2, 0.25) is 0 Å². The van der Waals surface area contributed by atoms with E-state index >= 15 is 28.8 Å². The lowest BCUT2D eigenvalue weighted by molar-refractivity contribution is -0.145. The molecule has 6 atom stereocenters. The van der Waals surface area contributed by atoms with E-state index in [9.17, 15) is 24.3 Å². The van der Waals surface area contributed by atoms with Crippen LogP contribution < -0.4 is 60.9 Å². The number of fused-ring (bicyclic) bond motifs is 3. The van der Waals surface area contributed by atoms with E-state index in [1.54, 1.807) is 115 Å². The lowest BCUT2D eigenvalue weighted by Gasteiger charge is -2.32. The van der Waals surface area contributed by atoms with Gasteiger partial charge in [-0.15, -0.1) is 0 Å². The van der Waals surface area contributed by atoms with Gasteiger partial charge in [-0.2, -0.15) is 11.8 Å². The number of unbranched alkanes of at least 4 members (excludes halogenated alkanes) is 2. The van der Waals surface area contributed by atoms with E-state index in [0.717, 1.165) is 10.9 Å². The first kappa shape index (κ1) is 93.3. The fourth-order valence-corrected chi connectivity index (χ4v) is 15.9. The van der Waals surface area contributed by atoms with E-state index in [0.29, 0.717) is 69.9 Å². The Morgan fingerprint density at radius 2 is 1.06 bits per heavy atom. The van der Waals surface area contributed by atoms with Crippen molar-refractivity contribution in [1.82, 2.24) is 52.0 Å². The lowest BCUT2D eigenvalue weighted by Crippen LogP contribution is -2.60. The average Bonchev–Trinajstić information content (AvgIpc) is 1.62. The number of H-pyrrole nitrogens is 1. The molecule has 4 heterocycles. The van der Waals surface area contributed by atoms with E-state index in [2.05, 4.69) is 42.2 Å². The number of amides is 9. The predicted molar refractivity (Wildman–Crippen MR) is 482 cm³/mol. The van der Waals surface area contributed by atoms with Gasteiger partial charge in [-0.25, -0.2) is 9.59 Å². The summed E-state index contributed by atoms with van der Waals surface area (Å²) in [6.45, 7) is 15.3. The smallest absolute Gasteiger partial charge is 0.407 e. The summed E-state index contributed by atoms with van der Waals surface area (Å²) in [5.41, 5.74) is 2.69. The van der Waals surface area contributed by atoms with E-state index in [-0.39, 0.29) is 99.5 Å². The van der Waals surface area contributed by atoms with Crippen LogP contribution in [0.4, 0.5) is 4.79 Å². The van der Waals surface area contributed by atoms with Crippen molar-refractivity contribution in [2.75, 3.05) is 51.3 Å². The first-order valence-electron chi connectivity index (χ1n) is 43.1. The van der Waals surface area contributed by atoms with Gasteiger partial charge in [0.2, 0.25) is 35.4 Å². The second-order valence-electron chi connectivity index (χ2n) is 34.7. The lowest BCUT2D eigenvalue weighted by atomic mass is 9.97. The highest BCUT2D eigenvalue weighted by Gasteiger charge is 2.50. The maximum absolute atomic E-state index is 15.8. The number of nitrogens with zero attached hydrogens (tertiary/aromatic N) is 2. The molecular formula is C98H114N10O18S. The minimum Gasteiger partial charge on any atom is -0.488 e. The van der Waals surface area contributed by atoms with Gasteiger partial charge in [0.1, 0.15) is 53.2 Å². The number of carbonyl (C=O) groups excluding carboxylic acids is 9. The Kier molecular flexibility index (Phi) is 30.8. The van der Waals surface area contributed by atoms with Gasteiger partial charge >= 0.3 is 23.6 Å². The molecule has 9 aromatic rings. The summed E-state index contributed by atoms with van der Waals surface area (Å²) >= 11 is 1.40. The highest BCUT2D eigenvalue weighted by molar-refractivity contribution is 7.98. The molecule has 0 radical (unpaired) electrons. The van der Waals surface area contributed by atoms with E-state index < -0.39 is 137 Å². The minimum absolute atomic E-state index is 0.0201. The molecule has 8 aromatic carbocycles. The van der Waals surface area contributed by atoms with Crippen LogP contribution in [0, 0.1) is 0 Å². The molecular weight excluding hydrogens is 1640 g/mol. The van der Waals surface area contributed by atoms with E-state index in [4.69, 9.17) is 33.2 Å². The Hall–Kier alpha value is -12.9. The van der Waals surface area contributed by atoms with Crippen molar-refractivity contribution in [3.63, 3.8) is 0 Å². The first-order chi connectivity index (χ1) is 60.8. The maximum Gasteiger partial charge on any atom is 0.407 e. The third-order valence-corrected chi connectivity index (χ3v) is 22.2. The Balaban J connectivity index is 0.802. The van der Waals surface area contributed by atoms with Crippen LogP contribution in [0.5, 0.6) is 28.7 Å². The number of aromatic amines is 1. The summed E-state index contributed by atoms with van der Waals surface area (Å²) < 4.78 is 45.0. The van der Waals surface area contributed by atoms with Crippen molar-refractivity contribution in [3.05, 3.63) is 257 Å². The number of hydrogen-bond donors (Lipinski definition) is 9. The van der Waals surface area contributed by atoms with Crippen molar-refractivity contribution >= 4 is 82.0 Å². The van der Waals surface area contributed by atoms with Gasteiger partial charge in [-0.05, 0) is 179 Å². The number of alkyl carbamates (subject to hydrolysis) is 1. The Morgan fingerprint density at radius 1 is 0.535 bits per heavy atom. The molecule has 12 rings (SSSR count). The Labute approximate surface area is 744 Å². The number of nitrogens with one attached hydrogen (secondary N) is 8. The number of aromatic nitrogens is 1. The topological polar surface area (TPSA) is 362 Å². The number of carboxylic acid groups (broad SMARTS) is 1. The number of carbonyl (C=O) groups is 10. The third kappa shape index (κ3) is 24.4. The molecule has 3 aliphatic heterocycles. The van der Waals surface area contributed by atoms with Crippen molar-refractivity contribution in [1.29, 1.82) is 0 Å². The molecule has 0 saturated carbocycles.